The lowest BCUT2D eigenvalue weighted by atomic mass is 9.96. The molecule has 0 aliphatic carbocycles. The van der Waals surface area contributed by atoms with E-state index in [1.54, 1.807) is 24.5 Å². The maximum absolute atomic E-state index is 12.4. The standard InChI is InChI=1S/C20H23N3O2/c1-15-3-2-4-18(13-15)19(24)22-14-16-7-11-23(12-8-16)20(25)17-5-9-21-10-6-17/h2-6,9-10,13,16H,7-8,11-12,14H2,1H3,(H,22,24). The summed E-state index contributed by atoms with van der Waals surface area (Å²) in [6, 6.07) is 11.1. The Balaban J connectivity index is 1.46. The van der Waals surface area contributed by atoms with Crippen LogP contribution in [0.15, 0.2) is 48.8 Å². The molecule has 25 heavy (non-hydrogen) atoms. The quantitative estimate of drug-likeness (QED) is 0.933. The average Bonchev–Trinajstić information content (AvgIpc) is 2.66. The number of aromatic nitrogens is 1. The Hall–Kier alpha value is -2.69. The first-order valence-electron chi connectivity index (χ1n) is 8.67. The van der Waals surface area contributed by atoms with Crippen LogP contribution in [-0.4, -0.2) is 41.3 Å². The first kappa shape index (κ1) is 17.1. The number of pyridine rings is 1. The molecule has 0 spiro atoms. The molecule has 0 bridgehead atoms. The number of hydrogen-bond acceptors (Lipinski definition) is 3. The normalized spacial score (nSPS) is 15.0. The van der Waals surface area contributed by atoms with E-state index in [1.807, 2.05) is 36.1 Å². The number of rotatable bonds is 4. The van der Waals surface area contributed by atoms with E-state index < -0.39 is 0 Å². The molecule has 0 unspecified atom stereocenters. The lowest BCUT2D eigenvalue weighted by Gasteiger charge is -2.32. The Morgan fingerprint density at radius 2 is 1.84 bits per heavy atom. The molecular weight excluding hydrogens is 314 g/mol. The molecule has 2 amide bonds. The minimum atomic E-state index is -0.0287. The van der Waals surface area contributed by atoms with Crippen LogP contribution < -0.4 is 5.32 Å². The van der Waals surface area contributed by atoms with Crippen LogP contribution in [0.4, 0.5) is 0 Å². The van der Waals surface area contributed by atoms with Crippen molar-refractivity contribution in [3.8, 4) is 0 Å². The van der Waals surface area contributed by atoms with Gasteiger partial charge >= 0.3 is 0 Å². The summed E-state index contributed by atoms with van der Waals surface area (Å²) < 4.78 is 0. The summed E-state index contributed by atoms with van der Waals surface area (Å²) in [4.78, 5) is 30.5. The van der Waals surface area contributed by atoms with Crippen LogP contribution in [0.3, 0.4) is 0 Å². The maximum Gasteiger partial charge on any atom is 0.253 e. The predicted octanol–water partition coefficient (Wildman–Crippen LogP) is 2.67. The SMILES string of the molecule is Cc1cccc(C(=O)NCC2CCN(C(=O)c3ccncc3)CC2)c1. The number of nitrogens with one attached hydrogen (secondary N) is 1. The summed E-state index contributed by atoms with van der Waals surface area (Å²) in [5.74, 6) is 0.443. The predicted molar refractivity (Wildman–Crippen MR) is 96.4 cm³/mol. The van der Waals surface area contributed by atoms with Crippen LogP contribution in [0, 0.1) is 12.8 Å². The molecule has 1 aliphatic heterocycles. The summed E-state index contributed by atoms with van der Waals surface area (Å²) >= 11 is 0. The molecule has 1 aromatic heterocycles. The zero-order valence-corrected chi connectivity index (χ0v) is 14.4. The van der Waals surface area contributed by atoms with E-state index in [2.05, 4.69) is 10.3 Å². The first-order chi connectivity index (χ1) is 12.1. The van der Waals surface area contributed by atoms with Gasteiger partial charge in [-0.2, -0.15) is 0 Å². The average molecular weight is 337 g/mol. The van der Waals surface area contributed by atoms with Crippen molar-refractivity contribution < 1.29 is 9.59 Å². The second-order valence-corrected chi connectivity index (χ2v) is 6.55. The number of likely N-dealkylation sites (tertiary alicyclic amines) is 1. The van der Waals surface area contributed by atoms with Gasteiger partial charge in [0.2, 0.25) is 0 Å². The van der Waals surface area contributed by atoms with Crippen LogP contribution in [0.5, 0.6) is 0 Å². The molecule has 0 atom stereocenters. The molecule has 0 saturated carbocycles. The molecule has 1 aliphatic rings. The van der Waals surface area contributed by atoms with E-state index in [0.29, 0.717) is 23.6 Å². The van der Waals surface area contributed by atoms with Gasteiger partial charge in [-0.05, 0) is 49.9 Å². The third kappa shape index (κ3) is 4.44. The van der Waals surface area contributed by atoms with Gasteiger partial charge in [-0.1, -0.05) is 17.7 Å². The van der Waals surface area contributed by atoms with Crippen molar-refractivity contribution in [2.75, 3.05) is 19.6 Å². The highest BCUT2D eigenvalue weighted by Gasteiger charge is 2.24. The van der Waals surface area contributed by atoms with Crippen LogP contribution in [0.25, 0.3) is 0 Å². The lowest BCUT2D eigenvalue weighted by molar-refractivity contribution is 0.0684. The molecule has 130 valence electrons. The van der Waals surface area contributed by atoms with Gasteiger partial charge in [0.1, 0.15) is 0 Å². The van der Waals surface area contributed by atoms with Gasteiger partial charge in [-0.15, -0.1) is 0 Å². The second kappa shape index (κ2) is 7.92. The zero-order valence-electron chi connectivity index (χ0n) is 14.4. The third-order valence-corrected chi connectivity index (χ3v) is 4.66. The third-order valence-electron chi connectivity index (χ3n) is 4.66. The number of amides is 2. The molecule has 2 heterocycles. The van der Waals surface area contributed by atoms with Gasteiger partial charge in [-0.3, -0.25) is 14.6 Å². The van der Waals surface area contributed by atoms with Crippen molar-refractivity contribution in [1.29, 1.82) is 0 Å². The van der Waals surface area contributed by atoms with Crippen LogP contribution in [-0.2, 0) is 0 Å². The van der Waals surface area contributed by atoms with Crippen molar-refractivity contribution in [2.45, 2.75) is 19.8 Å². The number of aryl methyl sites for hydroxylation is 1. The fraction of sp³-hybridized carbons (Fsp3) is 0.350. The number of benzene rings is 1. The van der Waals surface area contributed by atoms with E-state index in [4.69, 9.17) is 0 Å². The van der Waals surface area contributed by atoms with Gasteiger partial charge in [0.25, 0.3) is 11.8 Å². The van der Waals surface area contributed by atoms with Crippen LogP contribution >= 0.6 is 0 Å². The van der Waals surface area contributed by atoms with Crippen molar-refractivity contribution >= 4 is 11.8 Å². The first-order valence-corrected chi connectivity index (χ1v) is 8.67. The van der Waals surface area contributed by atoms with Gasteiger partial charge in [0, 0.05) is 43.2 Å². The van der Waals surface area contributed by atoms with Crippen molar-refractivity contribution in [3.63, 3.8) is 0 Å². The summed E-state index contributed by atoms with van der Waals surface area (Å²) in [6.45, 7) is 4.09. The maximum atomic E-state index is 12.4. The van der Waals surface area contributed by atoms with E-state index in [-0.39, 0.29) is 11.8 Å². The van der Waals surface area contributed by atoms with Crippen molar-refractivity contribution in [1.82, 2.24) is 15.2 Å². The highest BCUT2D eigenvalue weighted by atomic mass is 16.2. The molecule has 1 N–H and O–H groups in total. The Kier molecular flexibility index (Phi) is 5.43. The highest BCUT2D eigenvalue weighted by Crippen LogP contribution is 2.18. The Morgan fingerprint density at radius 3 is 2.52 bits per heavy atom. The molecule has 1 aromatic carbocycles. The van der Waals surface area contributed by atoms with Crippen LogP contribution in [0.1, 0.15) is 39.1 Å². The molecule has 5 heteroatoms. The van der Waals surface area contributed by atoms with Gasteiger partial charge in [0.15, 0.2) is 0 Å². The number of carbonyl (C=O) groups excluding carboxylic acids is 2. The Labute approximate surface area is 148 Å². The van der Waals surface area contributed by atoms with E-state index >= 15 is 0 Å². The topological polar surface area (TPSA) is 62.3 Å². The minimum Gasteiger partial charge on any atom is -0.352 e. The van der Waals surface area contributed by atoms with Crippen molar-refractivity contribution in [3.05, 3.63) is 65.5 Å². The van der Waals surface area contributed by atoms with Crippen molar-refractivity contribution in [2.24, 2.45) is 5.92 Å². The molecule has 5 nitrogen and oxygen atoms in total. The second-order valence-electron chi connectivity index (χ2n) is 6.55. The molecule has 0 radical (unpaired) electrons. The highest BCUT2D eigenvalue weighted by molar-refractivity contribution is 5.94. The molecule has 1 saturated heterocycles. The summed E-state index contributed by atoms with van der Waals surface area (Å²) in [7, 11) is 0. The Morgan fingerprint density at radius 1 is 1.12 bits per heavy atom. The fourth-order valence-corrected chi connectivity index (χ4v) is 3.14. The van der Waals surface area contributed by atoms with Gasteiger partial charge < -0.3 is 10.2 Å². The summed E-state index contributed by atoms with van der Waals surface area (Å²) in [6.07, 6.45) is 5.09. The minimum absolute atomic E-state index is 0.0287. The fourth-order valence-electron chi connectivity index (χ4n) is 3.14. The zero-order chi connectivity index (χ0) is 17.6. The number of nitrogens with zero attached hydrogens (tertiary/aromatic N) is 2. The van der Waals surface area contributed by atoms with Crippen LogP contribution in [0.2, 0.25) is 0 Å². The monoisotopic (exact) mass is 337 g/mol. The lowest BCUT2D eigenvalue weighted by Crippen LogP contribution is -2.41. The number of hydrogen-bond donors (Lipinski definition) is 1. The molecular formula is C20H23N3O2. The van der Waals surface area contributed by atoms with E-state index in [1.165, 1.54) is 0 Å². The summed E-state index contributed by atoms with van der Waals surface area (Å²) in [5, 5.41) is 3.02. The summed E-state index contributed by atoms with van der Waals surface area (Å²) in [5.41, 5.74) is 2.46. The van der Waals surface area contributed by atoms with Gasteiger partial charge in [0.05, 0.1) is 0 Å². The molecule has 2 aromatic rings. The van der Waals surface area contributed by atoms with E-state index in [0.717, 1.165) is 31.5 Å². The molecule has 3 rings (SSSR count). The largest absolute Gasteiger partial charge is 0.352 e. The smallest absolute Gasteiger partial charge is 0.253 e. The number of carbonyl (C=O) groups is 2. The number of piperidine rings is 1. The van der Waals surface area contributed by atoms with E-state index in [9.17, 15) is 9.59 Å². The van der Waals surface area contributed by atoms with Gasteiger partial charge in [-0.25, -0.2) is 0 Å². The molecule has 1 fully saturated rings. The Bertz CT molecular complexity index is 738.